The third kappa shape index (κ3) is 3.12. The molecule has 0 aliphatic rings. The summed E-state index contributed by atoms with van der Waals surface area (Å²) in [6, 6.07) is 7.44. The SMILES string of the molecule is C=C(C)C(=O)OC(C)c1cccc(OC)c1. The Morgan fingerprint density at radius 3 is 2.69 bits per heavy atom. The molecular formula is C13H16O3. The van der Waals surface area contributed by atoms with E-state index in [4.69, 9.17) is 9.47 Å². The van der Waals surface area contributed by atoms with Crippen molar-refractivity contribution >= 4 is 5.97 Å². The second-order valence-electron chi connectivity index (χ2n) is 3.60. The number of hydrogen-bond donors (Lipinski definition) is 0. The average molecular weight is 220 g/mol. The lowest BCUT2D eigenvalue weighted by Crippen LogP contribution is -2.09. The second-order valence-corrected chi connectivity index (χ2v) is 3.60. The lowest BCUT2D eigenvalue weighted by Gasteiger charge is -2.14. The zero-order valence-corrected chi connectivity index (χ0v) is 9.82. The van der Waals surface area contributed by atoms with Crippen LogP contribution < -0.4 is 4.74 Å². The normalized spacial score (nSPS) is 11.7. The lowest BCUT2D eigenvalue weighted by molar-refractivity contribution is -0.143. The third-order valence-corrected chi connectivity index (χ3v) is 2.20. The molecule has 0 aliphatic heterocycles. The molecule has 0 aromatic heterocycles. The standard InChI is InChI=1S/C13H16O3/c1-9(2)13(14)16-10(3)11-6-5-7-12(8-11)15-4/h5-8,10H,1H2,2-4H3. The van der Waals surface area contributed by atoms with Gasteiger partial charge in [0.25, 0.3) is 0 Å². The quantitative estimate of drug-likeness (QED) is 0.578. The highest BCUT2D eigenvalue weighted by Gasteiger charge is 2.12. The van der Waals surface area contributed by atoms with E-state index in [2.05, 4.69) is 6.58 Å². The maximum Gasteiger partial charge on any atom is 0.333 e. The van der Waals surface area contributed by atoms with Gasteiger partial charge in [0.05, 0.1) is 7.11 Å². The molecule has 0 bridgehead atoms. The van der Waals surface area contributed by atoms with E-state index in [1.807, 2.05) is 31.2 Å². The fourth-order valence-corrected chi connectivity index (χ4v) is 1.22. The summed E-state index contributed by atoms with van der Waals surface area (Å²) in [6.45, 7) is 6.98. The van der Waals surface area contributed by atoms with Crippen molar-refractivity contribution in [2.45, 2.75) is 20.0 Å². The maximum absolute atomic E-state index is 11.3. The van der Waals surface area contributed by atoms with Gasteiger partial charge in [0.15, 0.2) is 0 Å². The van der Waals surface area contributed by atoms with Crippen LogP contribution in [-0.2, 0) is 9.53 Å². The Labute approximate surface area is 95.7 Å². The molecule has 0 N–H and O–H groups in total. The summed E-state index contributed by atoms with van der Waals surface area (Å²) in [5.41, 5.74) is 1.30. The number of benzene rings is 1. The molecule has 1 aromatic carbocycles. The molecular weight excluding hydrogens is 204 g/mol. The first-order valence-corrected chi connectivity index (χ1v) is 5.05. The Morgan fingerprint density at radius 1 is 1.44 bits per heavy atom. The van der Waals surface area contributed by atoms with Crippen molar-refractivity contribution < 1.29 is 14.3 Å². The van der Waals surface area contributed by atoms with E-state index in [-0.39, 0.29) is 12.1 Å². The minimum atomic E-state index is -0.379. The van der Waals surface area contributed by atoms with Crippen molar-refractivity contribution in [3.8, 4) is 5.75 Å². The zero-order chi connectivity index (χ0) is 12.1. The Bertz CT molecular complexity index is 396. The van der Waals surface area contributed by atoms with Crippen LogP contribution in [-0.4, -0.2) is 13.1 Å². The van der Waals surface area contributed by atoms with Crippen LogP contribution in [0.1, 0.15) is 25.5 Å². The Balaban J connectivity index is 2.76. The van der Waals surface area contributed by atoms with Gasteiger partial charge in [-0.3, -0.25) is 0 Å². The van der Waals surface area contributed by atoms with Crippen LogP contribution >= 0.6 is 0 Å². The summed E-state index contributed by atoms with van der Waals surface area (Å²) in [4.78, 5) is 11.3. The molecule has 0 aliphatic carbocycles. The molecule has 0 fully saturated rings. The molecule has 1 atom stereocenters. The third-order valence-electron chi connectivity index (χ3n) is 2.20. The van der Waals surface area contributed by atoms with Crippen LogP contribution in [0.25, 0.3) is 0 Å². The minimum Gasteiger partial charge on any atom is -0.497 e. The number of carbonyl (C=O) groups is 1. The molecule has 0 saturated heterocycles. The first kappa shape index (κ1) is 12.3. The Hall–Kier alpha value is -1.77. The molecule has 0 radical (unpaired) electrons. The van der Waals surface area contributed by atoms with E-state index < -0.39 is 0 Å². The van der Waals surface area contributed by atoms with Gasteiger partial charge in [0.1, 0.15) is 11.9 Å². The van der Waals surface area contributed by atoms with E-state index in [0.29, 0.717) is 5.57 Å². The van der Waals surface area contributed by atoms with Gasteiger partial charge in [-0.25, -0.2) is 4.79 Å². The number of ether oxygens (including phenoxy) is 2. The lowest BCUT2D eigenvalue weighted by atomic mass is 10.1. The molecule has 86 valence electrons. The van der Waals surface area contributed by atoms with Gasteiger partial charge in [-0.15, -0.1) is 0 Å². The molecule has 0 spiro atoms. The van der Waals surface area contributed by atoms with Gasteiger partial charge in [0, 0.05) is 5.57 Å². The zero-order valence-electron chi connectivity index (χ0n) is 9.82. The fourth-order valence-electron chi connectivity index (χ4n) is 1.22. The largest absolute Gasteiger partial charge is 0.497 e. The number of hydrogen-bond acceptors (Lipinski definition) is 3. The van der Waals surface area contributed by atoms with Crippen molar-refractivity contribution in [1.29, 1.82) is 0 Å². The van der Waals surface area contributed by atoms with Crippen LogP contribution in [0.2, 0.25) is 0 Å². The van der Waals surface area contributed by atoms with Gasteiger partial charge in [-0.05, 0) is 31.5 Å². The molecule has 16 heavy (non-hydrogen) atoms. The van der Waals surface area contributed by atoms with Gasteiger partial charge in [-0.1, -0.05) is 18.7 Å². The molecule has 1 unspecified atom stereocenters. The summed E-state index contributed by atoms with van der Waals surface area (Å²) >= 11 is 0. The summed E-state index contributed by atoms with van der Waals surface area (Å²) < 4.78 is 10.3. The summed E-state index contributed by atoms with van der Waals surface area (Å²) in [7, 11) is 1.60. The van der Waals surface area contributed by atoms with Crippen molar-refractivity contribution in [3.05, 3.63) is 42.0 Å². The number of rotatable bonds is 4. The van der Waals surface area contributed by atoms with Crippen LogP contribution in [0.4, 0.5) is 0 Å². The number of esters is 1. The summed E-state index contributed by atoms with van der Waals surface area (Å²) in [5.74, 6) is 0.367. The topological polar surface area (TPSA) is 35.5 Å². The predicted octanol–water partition coefficient (Wildman–Crippen LogP) is 2.88. The average Bonchev–Trinajstić information content (AvgIpc) is 2.28. The van der Waals surface area contributed by atoms with Crippen molar-refractivity contribution in [1.82, 2.24) is 0 Å². The molecule has 0 saturated carbocycles. The van der Waals surface area contributed by atoms with Gasteiger partial charge >= 0.3 is 5.97 Å². The molecule has 3 heteroatoms. The highest BCUT2D eigenvalue weighted by Crippen LogP contribution is 2.22. The monoisotopic (exact) mass is 220 g/mol. The molecule has 1 aromatic rings. The first-order chi connectivity index (χ1) is 7.54. The predicted molar refractivity (Wildman–Crippen MR) is 62.3 cm³/mol. The van der Waals surface area contributed by atoms with E-state index in [1.54, 1.807) is 14.0 Å². The molecule has 0 amide bonds. The van der Waals surface area contributed by atoms with Crippen molar-refractivity contribution in [2.24, 2.45) is 0 Å². The first-order valence-electron chi connectivity index (χ1n) is 5.05. The van der Waals surface area contributed by atoms with Gasteiger partial charge in [-0.2, -0.15) is 0 Å². The number of methoxy groups -OCH3 is 1. The maximum atomic E-state index is 11.3. The smallest absolute Gasteiger partial charge is 0.333 e. The highest BCUT2D eigenvalue weighted by atomic mass is 16.5. The van der Waals surface area contributed by atoms with E-state index in [1.165, 1.54) is 0 Å². The van der Waals surface area contributed by atoms with E-state index in [9.17, 15) is 4.79 Å². The van der Waals surface area contributed by atoms with Gasteiger partial charge < -0.3 is 9.47 Å². The van der Waals surface area contributed by atoms with Crippen molar-refractivity contribution in [3.63, 3.8) is 0 Å². The molecule has 3 nitrogen and oxygen atoms in total. The Morgan fingerprint density at radius 2 is 2.12 bits per heavy atom. The van der Waals surface area contributed by atoms with Crippen LogP contribution in [0.5, 0.6) is 5.75 Å². The number of carbonyl (C=O) groups excluding carboxylic acids is 1. The van der Waals surface area contributed by atoms with Crippen molar-refractivity contribution in [2.75, 3.05) is 7.11 Å². The molecule has 0 heterocycles. The van der Waals surface area contributed by atoms with Crippen LogP contribution in [0.3, 0.4) is 0 Å². The second kappa shape index (κ2) is 5.35. The highest BCUT2D eigenvalue weighted by molar-refractivity contribution is 5.87. The van der Waals surface area contributed by atoms with E-state index in [0.717, 1.165) is 11.3 Å². The van der Waals surface area contributed by atoms with Gasteiger partial charge in [0.2, 0.25) is 0 Å². The van der Waals surface area contributed by atoms with E-state index >= 15 is 0 Å². The fraction of sp³-hybridized carbons (Fsp3) is 0.308. The van der Waals surface area contributed by atoms with Crippen LogP contribution in [0.15, 0.2) is 36.4 Å². The molecule has 1 rings (SSSR count). The summed E-state index contributed by atoms with van der Waals surface area (Å²) in [5, 5.41) is 0. The summed E-state index contributed by atoms with van der Waals surface area (Å²) in [6.07, 6.45) is -0.306. The Kier molecular flexibility index (Phi) is 4.11. The van der Waals surface area contributed by atoms with Crippen LogP contribution in [0, 0.1) is 0 Å². The minimum absolute atomic E-state index is 0.306.